The van der Waals surface area contributed by atoms with E-state index in [1.807, 2.05) is 0 Å². The summed E-state index contributed by atoms with van der Waals surface area (Å²) in [6.07, 6.45) is -4.00. The number of aromatic amines is 1. The predicted octanol–water partition coefficient (Wildman–Crippen LogP) is 2.15. The third-order valence-corrected chi connectivity index (χ3v) is 2.00. The Bertz CT molecular complexity index is 532. The van der Waals surface area contributed by atoms with Gasteiger partial charge in [0.2, 0.25) is 12.4 Å². The number of amides is 1. The van der Waals surface area contributed by atoms with Crippen molar-refractivity contribution in [1.29, 1.82) is 0 Å². The molecule has 0 bridgehead atoms. The van der Waals surface area contributed by atoms with Gasteiger partial charge in [-0.15, -0.1) is 0 Å². The standard InChI is InChI=1S/C9H6F3N3O/c10-9(11,12)5-1-2-6-7(3-5)15-8(14-6)13-4-16/h1-4H,(H2,13,14,15,16). The van der Waals surface area contributed by atoms with Crippen molar-refractivity contribution in [3.8, 4) is 0 Å². The fourth-order valence-electron chi connectivity index (χ4n) is 1.31. The Hall–Kier alpha value is -2.05. The summed E-state index contributed by atoms with van der Waals surface area (Å²) in [5, 5.41) is 2.23. The molecular formula is C9H6F3N3O. The van der Waals surface area contributed by atoms with Gasteiger partial charge < -0.3 is 4.98 Å². The summed E-state index contributed by atoms with van der Waals surface area (Å²) in [7, 11) is 0. The quantitative estimate of drug-likeness (QED) is 0.775. The number of hydrogen-bond donors (Lipinski definition) is 2. The monoisotopic (exact) mass is 229 g/mol. The highest BCUT2D eigenvalue weighted by molar-refractivity contribution is 5.80. The van der Waals surface area contributed by atoms with Crippen LogP contribution in [0.5, 0.6) is 0 Å². The van der Waals surface area contributed by atoms with Crippen molar-refractivity contribution < 1.29 is 18.0 Å². The molecule has 0 aliphatic rings. The molecule has 84 valence electrons. The maximum absolute atomic E-state index is 12.4. The van der Waals surface area contributed by atoms with Gasteiger partial charge >= 0.3 is 6.18 Å². The highest BCUT2D eigenvalue weighted by atomic mass is 19.4. The van der Waals surface area contributed by atoms with E-state index in [-0.39, 0.29) is 11.5 Å². The SMILES string of the molecule is O=CNc1nc2ccc(C(F)(F)F)cc2[nH]1. The molecule has 16 heavy (non-hydrogen) atoms. The lowest BCUT2D eigenvalue weighted by Crippen LogP contribution is -2.04. The lowest BCUT2D eigenvalue weighted by molar-refractivity contribution is -0.137. The number of carbonyl (C=O) groups excluding carboxylic acids is 1. The normalized spacial score (nSPS) is 11.7. The van der Waals surface area contributed by atoms with Gasteiger partial charge in [-0.05, 0) is 18.2 Å². The summed E-state index contributed by atoms with van der Waals surface area (Å²) in [6, 6.07) is 3.12. The molecule has 1 aromatic heterocycles. The van der Waals surface area contributed by atoms with E-state index < -0.39 is 11.7 Å². The summed E-state index contributed by atoms with van der Waals surface area (Å²) >= 11 is 0. The van der Waals surface area contributed by atoms with E-state index in [0.717, 1.165) is 12.1 Å². The van der Waals surface area contributed by atoms with Crippen molar-refractivity contribution in [2.75, 3.05) is 5.32 Å². The minimum Gasteiger partial charge on any atom is -0.324 e. The molecule has 0 spiro atoms. The fourth-order valence-corrected chi connectivity index (χ4v) is 1.31. The van der Waals surface area contributed by atoms with Crippen molar-refractivity contribution in [3.63, 3.8) is 0 Å². The van der Waals surface area contributed by atoms with E-state index in [2.05, 4.69) is 15.3 Å². The number of benzene rings is 1. The summed E-state index contributed by atoms with van der Waals surface area (Å²) in [4.78, 5) is 16.5. The van der Waals surface area contributed by atoms with Crippen LogP contribution >= 0.6 is 0 Å². The third-order valence-electron chi connectivity index (χ3n) is 2.00. The topological polar surface area (TPSA) is 57.8 Å². The molecule has 1 aromatic carbocycles. The zero-order valence-corrected chi connectivity index (χ0v) is 7.80. The van der Waals surface area contributed by atoms with Crippen LogP contribution in [0, 0.1) is 0 Å². The Labute approximate surface area is 87.5 Å². The minimum atomic E-state index is -4.39. The zero-order valence-electron chi connectivity index (χ0n) is 7.80. The van der Waals surface area contributed by atoms with Crippen LogP contribution in [-0.2, 0) is 11.0 Å². The smallest absolute Gasteiger partial charge is 0.324 e. The Balaban J connectivity index is 2.49. The van der Waals surface area contributed by atoms with Gasteiger partial charge in [0, 0.05) is 0 Å². The molecule has 2 rings (SSSR count). The number of hydrogen-bond acceptors (Lipinski definition) is 2. The Morgan fingerprint density at radius 1 is 1.38 bits per heavy atom. The summed E-state index contributed by atoms with van der Waals surface area (Å²) in [5.41, 5.74) is -0.183. The number of imidazole rings is 1. The van der Waals surface area contributed by atoms with E-state index in [4.69, 9.17) is 0 Å². The van der Waals surface area contributed by atoms with E-state index in [1.165, 1.54) is 6.07 Å². The maximum Gasteiger partial charge on any atom is 0.416 e. The summed E-state index contributed by atoms with van der Waals surface area (Å²) in [6.45, 7) is 0. The molecule has 0 fully saturated rings. The van der Waals surface area contributed by atoms with E-state index in [9.17, 15) is 18.0 Å². The highest BCUT2D eigenvalue weighted by Crippen LogP contribution is 2.31. The molecular weight excluding hydrogens is 223 g/mol. The average Bonchev–Trinajstić information content (AvgIpc) is 2.57. The first kappa shape index (κ1) is 10.5. The van der Waals surface area contributed by atoms with Crippen LogP contribution in [0.3, 0.4) is 0 Å². The molecule has 4 nitrogen and oxygen atoms in total. The van der Waals surface area contributed by atoms with E-state index in [0.29, 0.717) is 11.9 Å². The molecule has 0 radical (unpaired) electrons. The number of nitrogens with zero attached hydrogens (tertiary/aromatic N) is 1. The summed E-state index contributed by atoms with van der Waals surface area (Å²) < 4.78 is 37.1. The largest absolute Gasteiger partial charge is 0.416 e. The van der Waals surface area contributed by atoms with Gasteiger partial charge in [0.1, 0.15) is 0 Å². The molecule has 7 heteroatoms. The highest BCUT2D eigenvalue weighted by Gasteiger charge is 2.30. The second-order valence-electron chi connectivity index (χ2n) is 3.08. The number of alkyl halides is 3. The molecule has 0 atom stereocenters. The first-order valence-corrected chi connectivity index (χ1v) is 4.28. The molecule has 0 saturated heterocycles. The van der Waals surface area contributed by atoms with Crippen molar-refractivity contribution in [3.05, 3.63) is 23.8 Å². The zero-order chi connectivity index (χ0) is 11.8. The number of rotatable bonds is 2. The van der Waals surface area contributed by atoms with Crippen LogP contribution in [-0.4, -0.2) is 16.4 Å². The van der Waals surface area contributed by atoms with Crippen LogP contribution in [0.25, 0.3) is 11.0 Å². The first-order valence-electron chi connectivity index (χ1n) is 4.28. The molecule has 1 amide bonds. The van der Waals surface area contributed by atoms with Gasteiger partial charge in [-0.1, -0.05) is 0 Å². The predicted molar refractivity (Wildman–Crippen MR) is 50.8 cm³/mol. The fraction of sp³-hybridized carbons (Fsp3) is 0.111. The molecule has 0 aliphatic carbocycles. The second-order valence-corrected chi connectivity index (χ2v) is 3.08. The van der Waals surface area contributed by atoms with Crippen molar-refractivity contribution >= 4 is 23.4 Å². The molecule has 0 saturated carbocycles. The Morgan fingerprint density at radius 2 is 2.12 bits per heavy atom. The Morgan fingerprint density at radius 3 is 2.75 bits per heavy atom. The maximum atomic E-state index is 12.4. The number of carbonyl (C=O) groups is 1. The van der Waals surface area contributed by atoms with Crippen molar-refractivity contribution in [1.82, 2.24) is 9.97 Å². The number of aromatic nitrogens is 2. The lowest BCUT2D eigenvalue weighted by Gasteiger charge is -2.04. The van der Waals surface area contributed by atoms with Gasteiger partial charge in [-0.2, -0.15) is 13.2 Å². The van der Waals surface area contributed by atoms with Crippen molar-refractivity contribution in [2.45, 2.75) is 6.18 Å². The lowest BCUT2D eigenvalue weighted by atomic mass is 10.2. The van der Waals surface area contributed by atoms with Crippen molar-refractivity contribution in [2.24, 2.45) is 0 Å². The molecule has 2 aromatic rings. The summed E-state index contributed by atoms with van der Waals surface area (Å²) in [5.74, 6) is 0.115. The first-order chi connectivity index (χ1) is 7.50. The second kappa shape index (κ2) is 3.51. The van der Waals surface area contributed by atoms with Crippen LogP contribution in [0.15, 0.2) is 18.2 Å². The Kier molecular flexibility index (Phi) is 2.30. The van der Waals surface area contributed by atoms with Gasteiger partial charge in [-0.25, -0.2) is 4.98 Å². The molecule has 1 heterocycles. The van der Waals surface area contributed by atoms with E-state index >= 15 is 0 Å². The minimum absolute atomic E-state index is 0.115. The number of H-pyrrole nitrogens is 1. The van der Waals surface area contributed by atoms with Gasteiger partial charge in [0.25, 0.3) is 0 Å². The molecule has 0 aliphatic heterocycles. The number of nitrogens with one attached hydrogen (secondary N) is 2. The molecule has 2 N–H and O–H groups in total. The van der Waals surface area contributed by atoms with Gasteiger partial charge in [-0.3, -0.25) is 10.1 Å². The van der Waals surface area contributed by atoms with Crippen LogP contribution in [0.1, 0.15) is 5.56 Å². The van der Waals surface area contributed by atoms with Crippen LogP contribution < -0.4 is 5.32 Å². The number of fused-ring (bicyclic) bond motifs is 1. The number of anilines is 1. The number of halogens is 3. The average molecular weight is 229 g/mol. The van der Waals surface area contributed by atoms with Crippen LogP contribution in [0.2, 0.25) is 0 Å². The van der Waals surface area contributed by atoms with E-state index in [1.54, 1.807) is 0 Å². The third kappa shape index (κ3) is 1.83. The van der Waals surface area contributed by atoms with Gasteiger partial charge in [0.05, 0.1) is 16.6 Å². The molecule has 0 unspecified atom stereocenters. The van der Waals surface area contributed by atoms with Gasteiger partial charge in [0.15, 0.2) is 0 Å². The van der Waals surface area contributed by atoms with Crippen LogP contribution in [0.4, 0.5) is 19.1 Å².